The fourth-order valence-electron chi connectivity index (χ4n) is 4.09. The molecule has 1 atom stereocenters. The van der Waals surface area contributed by atoms with Crippen LogP contribution in [0.15, 0.2) is 24.3 Å². The molecular formula is C24H40ClNO2. The van der Waals surface area contributed by atoms with Crippen LogP contribution >= 0.6 is 12.4 Å². The monoisotopic (exact) mass is 409 g/mol. The van der Waals surface area contributed by atoms with E-state index < -0.39 is 0 Å². The zero-order valence-electron chi connectivity index (χ0n) is 18.0. The minimum absolute atomic E-state index is 0. The number of esters is 1. The van der Waals surface area contributed by atoms with Crippen LogP contribution in [0.5, 0.6) is 5.75 Å². The highest BCUT2D eigenvalue weighted by molar-refractivity contribution is 5.85. The molecule has 1 aliphatic heterocycles. The van der Waals surface area contributed by atoms with Gasteiger partial charge in [-0.15, -0.1) is 12.4 Å². The Labute approximate surface area is 178 Å². The summed E-state index contributed by atoms with van der Waals surface area (Å²) in [5.41, 5.74) is 1.32. The first-order chi connectivity index (χ1) is 13.2. The largest absolute Gasteiger partial charge is 0.427 e. The van der Waals surface area contributed by atoms with Crippen molar-refractivity contribution in [3.05, 3.63) is 29.8 Å². The number of halogens is 1. The lowest BCUT2D eigenvalue weighted by Gasteiger charge is -2.32. The van der Waals surface area contributed by atoms with E-state index in [1.54, 1.807) is 0 Å². The summed E-state index contributed by atoms with van der Waals surface area (Å²) in [6.07, 6.45) is 12.8. The van der Waals surface area contributed by atoms with Crippen molar-refractivity contribution in [2.24, 2.45) is 0 Å². The van der Waals surface area contributed by atoms with Crippen molar-refractivity contribution in [3.63, 3.8) is 0 Å². The quantitative estimate of drug-likeness (QED) is 0.217. The third kappa shape index (κ3) is 9.43. The van der Waals surface area contributed by atoms with E-state index >= 15 is 0 Å². The minimum Gasteiger partial charge on any atom is -0.427 e. The molecule has 0 saturated carbocycles. The Hall–Kier alpha value is -1.06. The van der Waals surface area contributed by atoms with E-state index in [-0.39, 0.29) is 18.4 Å². The Kier molecular flexibility index (Phi) is 13.3. The lowest BCUT2D eigenvalue weighted by atomic mass is 9.90. The predicted molar refractivity (Wildman–Crippen MR) is 121 cm³/mol. The Morgan fingerprint density at radius 3 is 2.57 bits per heavy atom. The van der Waals surface area contributed by atoms with E-state index in [4.69, 9.17) is 4.74 Å². The molecule has 1 unspecified atom stereocenters. The van der Waals surface area contributed by atoms with Gasteiger partial charge in [0.2, 0.25) is 0 Å². The minimum atomic E-state index is -0.0861. The van der Waals surface area contributed by atoms with Gasteiger partial charge in [-0.25, -0.2) is 0 Å². The van der Waals surface area contributed by atoms with Crippen LogP contribution in [0.2, 0.25) is 0 Å². The van der Waals surface area contributed by atoms with E-state index in [1.807, 2.05) is 12.1 Å². The molecule has 1 aromatic carbocycles. The molecule has 160 valence electrons. The van der Waals surface area contributed by atoms with Crippen molar-refractivity contribution in [1.82, 2.24) is 4.90 Å². The van der Waals surface area contributed by atoms with Gasteiger partial charge in [-0.05, 0) is 62.4 Å². The van der Waals surface area contributed by atoms with Crippen LogP contribution in [0.4, 0.5) is 0 Å². The summed E-state index contributed by atoms with van der Waals surface area (Å²) in [4.78, 5) is 14.7. The molecule has 0 aromatic heterocycles. The van der Waals surface area contributed by atoms with Crippen molar-refractivity contribution in [2.75, 3.05) is 19.6 Å². The fourth-order valence-corrected chi connectivity index (χ4v) is 4.09. The van der Waals surface area contributed by atoms with Gasteiger partial charge < -0.3 is 9.64 Å². The molecule has 0 amide bonds. The molecule has 1 aliphatic rings. The highest BCUT2D eigenvalue weighted by atomic mass is 35.5. The molecule has 2 rings (SSSR count). The third-order valence-corrected chi connectivity index (χ3v) is 5.59. The van der Waals surface area contributed by atoms with Gasteiger partial charge in [-0.1, -0.05) is 64.5 Å². The molecule has 1 heterocycles. The first-order valence-electron chi connectivity index (χ1n) is 11.3. The van der Waals surface area contributed by atoms with Gasteiger partial charge in [0.05, 0.1) is 0 Å². The standard InChI is InChI=1S/C24H39NO2.ClH/c1-3-5-6-7-8-9-10-16-24(26)27-23-15-11-13-21(19-23)22-14-12-18-25(20-22)17-4-2;/h11,13,15,19,22H,3-10,12,14,16-18,20H2,1-2H3;1H. The van der Waals surface area contributed by atoms with Crippen LogP contribution in [-0.2, 0) is 4.79 Å². The highest BCUT2D eigenvalue weighted by Gasteiger charge is 2.21. The third-order valence-electron chi connectivity index (χ3n) is 5.59. The van der Waals surface area contributed by atoms with Gasteiger partial charge in [0, 0.05) is 13.0 Å². The molecule has 4 heteroatoms. The zero-order chi connectivity index (χ0) is 19.3. The van der Waals surface area contributed by atoms with Crippen molar-refractivity contribution in [3.8, 4) is 5.75 Å². The summed E-state index contributed by atoms with van der Waals surface area (Å²) in [6, 6.07) is 8.22. The summed E-state index contributed by atoms with van der Waals surface area (Å²) in [5.74, 6) is 1.19. The van der Waals surface area contributed by atoms with Gasteiger partial charge in [0.1, 0.15) is 5.75 Å². The molecule has 28 heavy (non-hydrogen) atoms. The van der Waals surface area contributed by atoms with Crippen molar-refractivity contribution in [1.29, 1.82) is 0 Å². The van der Waals surface area contributed by atoms with E-state index in [1.165, 1.54) is 70.0 Å². The van der Waals surface area contributed by atoms with Crippen molar-refractivity contribution >= 4 is 18.4 Å². The predicted octanol–water partition coefficient (Wildman–Crippen LogP) is 6.74. The summed E-state index contributed by atoms with van der Waals surface area (Å²) in [7, 11) is 0. The van der Waals surface area contributed by atoms with Crippen LogP contribution < -0.4 is 4.74 Å². The second kappa shape index (κ2) is 14.9. The molecule has 3 nitrogen and oxygen atoms in total. The van der Waals surface area contributed by atoms with Gasteiger partial charge in [-0.3, -0.25) is 4.79 Å². The maximum absolute atomic E-state index is 12.1. The number of carbonyl (C=O) groups excluding carboxylic acids is 1. The number of hydrogen-bond acceptors (Lipinski definition) is 3. The van der Waals surface area contributed by atoms with Crippen LogP contribution in [0.3, 0.4) is 0 Å². The molecule has 0 spiro atoms. The highest BCUT2D eigenvalue weighted by Crippen LogP contribution is 2.29. The first kappa shape index (κ1) is 25.0. The van der Waals surface area contributed by atoms with E-state index in [9.17, 15) is 4.79 Å². The van der Waals surface area contributed by atoms with Crippen LogP contribution in [0.1, 0.15) is 96.0 Å². The molecule has 0 aliphatic carbocycles. The van der Waals surface area contributed by atoms with Gasteiger partial charge in [0.25, 0.3) is 0 Å². The second-order valence-corrected chi connectivity index (χ2v) is 8.06. The second-order valence-electron chi connectivity index (χ2n) is 8.06. The molecule has 1 saturated heterocycles. The average Bonchev–Trinajstić information content (AvgIpc) is 2.68. The van der Waals surface area contributed by atoms with Gasteiger partial charge in [-0.2, -0.15) is 0 Å². The summed E-state index contributed by atoms with van der Waals surface area (Å²) in [5, 5.41) is 0. The normalized spacial score (nSPS) is 17.1. The van der Waals surface area contributed by atoms with Crippen molar-refractivity contribution < 1.29 is 9.53 Å². The van der Waals surface area contributed by atoms with Crippen molar-refractivity contribution in [2.45, 2.75) is 90.4 Å². The molecule has 1 aromatic rings. The Bertz CT molecular complexity index is 547. The molecular weight excluding hydrogens is 370 g/mol. The summed E-state index contributed by atoms with van der Waals surface area (Å²) < 4.78 is 5.61. The molecule has 0 N–H and O–H groups in total. The van der Waals surface area contributed by atoms with Gasteiger partial charge >= 0.3 is 5.97 Å². The number of ether oxygens (including phenoxy) is 1. The number of likely N-dealkylation sites (tertiary alicyclic amines) is 1. The topological polar surface area (TPSA) is 29.5 Å². The Balaban J connectivity index is 0.00000392. The average molecular weight is 410 g/mol. The summed E-state index contributed by atoms with van der Waals surface area (Å²) >= 11 is 0. The fraction of sp³-hybridized carbons (Fsp3) is 0.708. The van der Waals surface area contributed by atoms with E-state index in [2.05, 4.69) is 30.9 Å². The lowest BCUT2D eigenvalue weighted by Crippen LogP contribution is -2.34. The van der Waals surface area contributed by atoms with E-state index in [0.717, 1.165) is 19.4 Å². The summed E-state index contributed by atoms with van der Waals surface area (Å²) in [6.45, 7) is 8.01. The number of benzene rings is 1. The first-order valence-corrected chi connectivity index (χ1v) is 11.3. The van der Waals surface area contributed by atoms with Crippen LogP contribution in [0.25, 0.3) is 0 Å². The number of rotatable bonds is 12. The Morgan fingerprint density at radius 2 is 1.82 bits per heavy atom. The van der Waals surface area contributed by atoms with Crippen LogP contribution in [0, 0.1) is 0 Å². The smallest absolute Gasteiger partial charge is 0.311 e. The number of hydrogen-bond donors (Lipinski definition) is 0. The number of nitrogens with zero attached hydrogens (tertiary/aromatic N) is 1. The SMILES string of the molecule is CCCCCCCCCC(=O)Oc1cccc(C2CCCN(CCC)C2)c1.Cl. The maximum Gasteiger partial charge on any atom is 0.311 e. The maximum atomic E-state index is 12.1. The number of piperidine rings is 1. The van der Waals surface area contributed by atoms with Gasteiger partial charge in [0.15, 0.2) is 0 Å². The molecule has 0 radical (unpaired) electrons. The van der Waals surface area contributed by atoms with E-state index in [0.29, 0.717) is 18.1 Å². The molecule has 0 bridgehead atoms. The number of carbonyl (C=O) groups is 1. The lowest BCUT2D eigenvalue weighted by molar-refractivity contribution is -0.134. The molecule has 1 fully saturated rings. The number of unbranched alkanes of at least 4 members (excludes halogenated alkanes) is 6. The van der Waals surface area contributed by atoms with Crippen LogP contribution in [-0.4, -0.2) is 30.5 Å². The Morgan fingerprint density at radius 1 is 1.07 bits per heavy atom. The zero-order valence-corrected chi connectivity index (χ0v) is 18.8.